The van der Waals surface area contributed by atoms with Crippen molar-refractivity contribution in [3.8, 4) is 0 Å². The van der Waals surface area contributed by atoms with Crippen LogP contribution in [0.25, 0.3) is 0 Å². The number of hydrogen-bond acceptors (Lipinski definition) is 5. The number of rotatable bonds is 6. The molecule has 1 saturated heterocycles. The second-order valence-electron chi connectivity index (χ2n) is 7.17. The monoisotopic (exact) mass is 399 g/mol. The van der Waals surface area contributed by atoms with E-state index >= 15 is 0 Å². The second-order valence-corrected chi connectivity index (χ2v) is 7.17. The summed E-state index contributed by atoms with van der Waals surface area (Å²) in [6.45, 7) is 4.85. The Morgan fingerprint density at radius 3 is 2.52 bits per heavy atom. The molecule has 29 heavy (non-hydrogen) atoms. The van der Waals surface area contributed by atoms with E-state index in [0.29, 0.717) is 11.1 Å². The summed E-state index contributed by atoms with van der Waals surface area (Å²) in [6.07, 6.45) is 0. The van der Waals surface area contributed by atoms with Crippen molar-refractivity contribution in [3.63, 3.8) is 0 Å². The molecule has 1 amide bonds. The van der Waals surface area contributed by atoms with Gasteiger partial charge in [-0.2, -0.15) is 0 Å². The first-order valence-corrected chi connectivity index (χ1v) is 9.65. The van der Waals surface area contributed by atoms with Gasteiger partial charge in [0.15, 0.2) is 0 Å². The van der Waals surface area contributed by atoms with Crippen molar-refractivity contribution in [1.82, 2.24) is 10.2 Å². The van der Waals surface area contributed by atoms with Crippen LogP contribution in [0.5, 0.6) is 0 Å². The Bertz CT molecular complexity index is 857. The highest BCUT2D eigenvalue weighted by Gasteiger charge is 2.25. The lowest BCUT2D eigenvalue weighted by atomic mass is 10.1. The maximum Gasteiger partial charge on any atom is 0.337 e. The summed E-state index contributed by atoms with van der Waals surface area (Å²) in [5.74, 6) is -0.778. The molecule has 1 unspecified atom stereocenters. The summed E-state index contributed by atoms with van der Waals surface area (Å²) in [5, 5.41) is 2.79. The molecule has 1 atom stereocenters. The average Bonchev–Trinajstić information content (AvgIpc) is 2.74. The Balaban J connectivity index is 1.50. The number of carbonyl (C=O) groups is 2. The zero-order chi connectivity index (χ0) is 20.8. The third kappa shape index (κ3) is 5.32. The highest BCUT2D eigenvalue weighted by molar-refractivity contribution is 5.89. The fraction of sp³-hybridized carbons (Fsp3) is 0.364. The molecule has 6 nitrogen and oxygen atoms in total. The molecule has 0 bridgehead atoms. The van der Waals surface area contributed by atoms with Crippen molar-refractivity contribution < 1.29 is 18.7 Å². The molecule has 2 aromatic rings. The molecule has 0 saturated carbocycles. The van der Waals surface area contributed by atoms with Crippen molar-refractivity contribution in [3.05, 3.63) is 65.5 Å². The van der Waals surface area contributed by atoms with Crippen LogP contribution in [0.4, 0.5) is 10.1 Å². The van der Waals surface area contributed by atoms with Gasteiger partial charge >= 0.3 is 5.97 Å². The molecule has 1 N–H and O–H groups in total. The zero-order valence-electron chi connectivity index (χ0n) is 16.7. The van der Waals surface area contributed by atoms with E-state index < -0.39 is 0 Å². The SMILES string of the molecule is COC(=O)c1ccc(N2CCN(CC(=O)NCc3ccccc3F)C(C)C2)cc1. The van der Waals surface area contributed by atoms with Crippen LogP contribution in [0.3, 0.4) is 0 Å². The minimum Gasteiger partial charge on any atom is -0.465 e. The highest BCUT2D eigenvalue weighted by Crippen LogP contribution is 2.20. The molecule has 1 heterocycles. The molecule has 2 aromatic carbocycles. The van der Waals surface area contributed by atoms with Gasteiger partial charge in [-0.15, -0.1) is 0 Å². The quantitative estimate of drug-likeness (QED) is 0.756. The number of carbonyl (C=O) groups excluding carboxylic acids is 2. The lowest BCUT2D eigenvalue weighted by molar-refractivity contribution is -0.123. The summed E-state index contributed by atoms with van der Waals surface area (Å²) < 4.78 is 18.4. The largest absolute Gasteiger partial charge is 0.465 e. The molecule has 154 valence electrons. The molecule has 7 heteroatoms. The number of hydrogen-bond donors (Lipinski definition) is 1. The third-order valence-electron chi connectivity index (χ3n) is 5.20. The van der Waals surface area contributed by atoms with E-state index in [1.165, 1.54) is 13.2 Å². The summed E-state index contributed by atoms with van der Waals surface area (Å²) >= 11 is 0. The molecule has 0 aromatic heterocycles. The normalized spacial score (nSPS) is 17.1. The Morgan fingerprint density at radius 1 is 1.14 bits per heavy atom. The topological polar surface area (TPSA) is 61.9 Å². The number of methoxy groups -OCH3 is 1. The van der Waals surface area contributed by atoms with Crippen molar-refractivity contribution in [2.45, 2.75) is 19.5 Å². The number of piperazine rings is 1. The molecular weight excluding hydrogens is 373 g/mol. The van der Waals surface area contributed by atoms with Crippen molar-refractivity contribution in [2.24, 2.45) is 0 Å². The van der Waals surface area contributed by atoms with Gasteiger partial charge in [0.1, 0.15) is 5.82 Å². The Labute approximate surface area is 170 Å². The van der Waals surface area contributed by atoms with E-state index in [-0.39, 0.29) is 36.8 Å². The van der Waals surface area contributed by atoms with Gasteiger partial charge in [0.05, 0.1) is 19.2 Å². The predicted molar refractivity (Wildman–Crippen MR) is 109 cm³/mol. The van der Waals surface area contributed by atoms with Gasteiger partial charge in [-0.3, -0.25) is 9.69 Å². The van der Waals surface area contributed by atoms with Gasteiger partial charge in [0.25, 0.3) is 0 Å². The van der Waals surface area contributed by atoms with Crippen molar-refractivity contribution in [1.29, 1.82) is 0 Å². The van der Waals surface area contributed by atoms with E-state index in [9.17, 15) is 14.0 Å². The average molecular weight is 399 g/mol. The number of anilines is 1. The summed E-state index contributed by atoms with van der Waals surface area (Å²) in [6, 6.07) is 14.0. The smallest absolute Gasteiger partial charge is 0.337 e. The van der Waals surface area contributed by atoms with Crippen LogP contribution in [0.1, 0.15) is 22.8 Å². The van der Waals surface area contributed by atoms with Crippen LogP contribution in [0, 0.1) is 5.82 Å². The van der Waals surface area contributed by atoms with Gasteiger partial charge in [0.2, 0.25) is 5.91 Å². The van der Waals surface area contributed by atoms with Crippen molar-refractivity contribution in [2.75, 3.05) is 38.2 Å². The van der Waals surface area contributed by atoms with Crippen LogP contribution in [-0.2, 0) is 16.1 Å². The van der Waals surface area contributed by atoms with Gasteiger partial charge in [-0.1, -0.05) is 18.2 Å². The van der Waals surface area contributed by atoms with Crippen LogP contribution in [0.2, 0.25) is 0 Å². The predicted octanol–water partition coefficient (Wildman–Crippen LogP) is 2.44. The fourth-order valence-corrected chi connectivity index (χ4v) is 3.47. The van der Waals surface area contributed by atoms with E-state index in [0.717, 1.165) is 25.3 Å². The number of ether oxygens (including phenoxy) is 1. The first-order chi connectivity index (χ1) is 14.0. The van der Waals surface area contributed by atoms with E-state index in [1.54, 1.807) is 30.3 Å². The number of amides is 1. The van der Waals surface area contributed by atoms with Gasteiger partial charge in [-0.25, -0.2) is 9.18 Å². The molecule has 1 aliphatic rings. The Hall–Kier alpha value is -2.93. The molecular formula is C22H26FN3O3. The van der Waals surface area contributed by atoms with E-state index in [1.807, 2.05) is 12.1 Å². The Morgan fingerprint density at radius 2 is 1.86 bits per heavy atom. The van der Waals surface area contributed by atoms with Crippen LogP contribution < -0.4 is 10.2 Å². The van der Waals surface area contributed by atoms with E-state index in [2.05, 4.69) is 22.0 Å². The van der Waals surface area contributed by atoms with Gasteiger partial charge in [-0.05, 0) is 37.3 Å². The minimum atomic E-state index is -0.351. The number of halogens is 1. The van der Waals surface area contributed by atoms with E-state index in [4.69, 9.17) is 4.74 Å². The maximum absolute atomic E-state index is 13.7. The lowest BCUT2D eigenvalue weighted by Gasteiger charge is -2.40. The third-order valence-corrected chi connectivity index (χ3v) is 5.20. The van der Waals surface area contributed by atoms with Gasteiger partial charge < -0.3 is 15.0 Å². The number of nitrogens with zero attached hydrogens (tertiary/aromatic N) is 2. The summed E-state index contributed by atoms with van der Waals surface area (Å²) in [7, 11) is 1.36. The molecule has 0 radical (unpaired) electrons. The van der Waals surface area contributed by atoms with Crippen molar-refractivity contribution >= 4 is 17.6 Å². The molecule has 1 fully saturated rings. The lowest BCUT2D eigenvalue weighted by Crippen LogP contribution is -2.54. The second kappa shape index (κ2) is 9.52. The Kier molecular flexibility index (Phi) is 6.82. The van der Waals surface area contributed by atoms with Crippen LogP contribution in [-0.4, -0.2) is 56.1 Å². The zero-order valence-corrected chi connectivity index (χ0v) is 16.7. The minimum absolute atomic E-state index is 0.115. The number of nitrogens with one attached hydrogen (secondary N) is 1. The first kappa shape index (κ1) is 20.8. The number of benzene rings is 2. The molecule has 0 spiro atoms. The maximum atomic E-state index is 13.7. The molecule has 3 rings (SSSR count). The highest BCUT2D eigenvalue weighted by atomic mass is 19.1. The fourth-order valence-electron chi connectivity index (χ4n) is 3.47. The van der Waals surface area contributed by atoms with Gasteiger partial charge in [0, 0.05) is 43.5 Å². The number of esters is 1. The van der Waals surface area contributed by atoms with Crippen LogP contribution in [0.15, 0.2) is 48.5 Å². The molecule has 0 aliphatic carbocycles. The first-order valence-electron chi connectivity index (χ1n) is 9.65. The molecule has 1 aliphatic heterocycles. The summed E-state index contributed by atoms with van der Waals surface area (Å²) in [5.41, 5.74) is 2.04. The standard InChI is InChI=1S/C22H26FN3O3/c1-16-14-26(19-9-7-17(8-10-19)22(28)29-2)12-11-25(16)15-21(27)24-13-18-5-3-4-6-20(18)23/h3-10,16H,11-15H2,1-2H3,(H,24,27). The van der Waals surface area contributed by atoms with Crippen LogP contribution >= 0.6 is 0 Å². The summed E-state index contributed by atoms with van der Waals surface area (Å²) in [4.78, 5) is 28.2.